The zero-order valence-corrected chi connectivity index (χ0v) is 18.7. The summed E-state index contributed by atoms with van der Waals surface area (Å²) in [5, 5.41) is 21.5. The van der Waals surface area contributed by atoms with Crippen LogP contribution in [0.25, 0.3) is 11.1 Å². The highest BCUT2D eigenvalue weighted by Gasteiger charge is 2.15. The van der Waals surface area contributed by atoms with Crippen molar-refractivity contribution in [3.05, 3.63) is 88.5 Å². The molecule has 0 heterocycles. The van der Waals surface area contributed by atoms with Crippen LogP contribution in [0.3, 0.4) is 0 Å². The van der Waals surface area contributed by atoms with Gasteiger partial charge in [0.15, 0.2) is 6.61 Å². The molecular formula is C27H28N2O3. The summed E-state index contributed by atoms with van der Waals surface area (Å²) in [5.74, 6) is -0.395. The molecule has 0 aliphatic heterocycles. The third-order valence-electron chi connectivity index (χ3n) is 5.63. The summed E-state index contributed by atoms with van der Waals surface area (Å²) < 4.78 is 5.32. The normalized spacial score (nSPS) is 11.6. The van der Waals surface area contributed by atoms with Gasteiger partial charge in [0.1, 0.15) is 5.75 Å². The van der Waals surface area contributed by atoms with Crippen LogP contribution in [0.5, 0.6) is 5.75 Å². The number of nitriles is 1. The van der Waals surface area contributed by atoms with Gasteiger partial charge >= 0.3 is 5.97 Å². The van der Waals surface area contributed by atoms with Crippen LogP contribution in [-0.4, -0.2) is 17.7 Å². The fourth-order valence-electron chi connectivity index (χ4n) is 3.91. The van der Waals surface area contributed by atoms with E-state index >= 15 is 0 Å². The molecule has 0 bridgehead atoms. The van der Waals surface area contributed by atoms with Gasteiger partial charge in [-0.05, 0) is 71.8 Å². The number of carboxylic acids is 1. The van der Waals surface area contributed by atoms with Crippen molar-refractivity contribution < 1.29 is 14.6 Å². The number of carbonyl (C=O) groups is 1. The van der Waals surface area contributed by atoms with Gasteiger partial charge in [-0.1, -0.05) is 49.4 Å². The van der Waals surface area contributed by atoms with Gasteiger partial charge in [-0.25, -0.2) is 4.79 Å². The van der Waals surface area contributed by atoms with E-state index in [9.17, 15) is 4.79 Å². The summed E-state index contributed by atoms with van der Waals surface area (Å²) >= 11 is 0. The first-order valence-corrected chi connectivity index (χ1v) is 10.7. The molecule has 5 nitrogen and oxygen atoms in total. The van der Waals surface area contributed by atoms with Crippen LogP contribution in [0.2, 0.25) is 0 Å². The van der Waals surface area contributed by atoms with Gasteiger partial charge in [0.25, 0.3) is 0 Å². The summed E-state index contributed by atoms with van der Waals surface area (Å²) in [7, 11) is 0. The molecule has 1 unspecified atom stereocenters. The fraction of sp³-hybridized carbons (Fsp3) is 0.259. The van der Waals surface area contributed by atoms with Crippen LogP contribution in [0.4, 0.5) is 0 Å². The van der Waals surface area contributed by atoms with Crippen molar-refractivity contribution in [2.45, 2.75) is 39.8 Å². The fourth-order valence-corrected chi connectivity index (χ4v) is 3.91. The number of rotatable bonds is 9. The number of aliphatic carboxylic acids is 1. The zero-order chi connectivity index (χ0) is 23.1. The Morgan fingerprint density at radius 2 is 1.88 bits per heavy atom. The maximum Gasteiger partial charge on any atom is 0.341 e. The molecule has 3 rings (SSSR count). The van der Waals surface area contributed by atoms with Crippen molar-refractivity contribution in [2.24, 2.45) is 0 Å². The number of nitrogens with zero attached hydrogens (tertiary/aromatic N) is 1. The summed E-state index contributed by atoms with van der Waals surface area (Å²) in [6.07, 6.45) is 0.941. The number of hydrogen-bond donors (Lipinski definition) is 2. The lowest BCUT2D eigenvalue weighted by molar-refractivity contribution is -0.139. The van der Waals surface area contributed by atoms with Crippen molar-refractivity contribution in [3.8, 4) is 22.9 Å². The molecule has 0 saturated carbocycles. The summed E-state index contributed by atoms with van der Waals surface area (Å²) in [6, 6.07) is 22.2. The minimum atomic E-state index is -0.987. The second-order valence-corrected chi connectivity index (χ2v) is 7.83. The average molecular weight is 429 g/mol. The lowest BCUT2D eigenvalue weighted by Gasteiger charge is -2.22. The second-order valence-electron chi connectivity index (χ2n) is 7.83. The summed E-state index contributed by atoms with van der Waals surface area (Å²) in [5.41, 5.74) is 7.44. The van der Waals surface area contributed by atoms with Crippen LogP contribution in [-0.2, 0) is 11.3 Å². The molecular weight excluding hydrogens is 400 g/mol. The molecule has 5 heteroatoms. The van der Waals surface area contributed by atoms with E-state index in [2.05, 4.69) is 43.4 Å². The van der Waals surface area contributed by atoms with E-state index in [0.29, 0.717) is 17.9 Å². The average Bonchev–Trinajstić information content (AvgIpc) is 2.80. The van der Waals surface area contributed by atoms with Crippen LogP contribution in [0, 0.1) is 25.2 Å². The lowest BCUT2D eigenvalue weighted by atomic mass is 9.91. The minimum Gasteiger partial charge on any atom is -0.482 e. The summed E-state index contributed by atoms with van der Waals surface area (Å²) in [4.78, 5) is 10.7. The Bertz CT molecular complexity index is 1130. The van der Waals surface area contributed by atoms with Gasteiger partial charge in [-0.15, -0.1) is 0 Å². The molecule has 0 aromatic heterocycles. The topological polar surface area (TPSA) is 82.3 Å². The monoisotopic (exact) mass is 428 g/mol. The number of nitrogens with one attached hydrogen (secondary N) is 1. The number of ether oxygens (including phenoxy) is 1. The van der Waals surface area contributed by atoms with Gasteiger partial charge in [0.2, 0.25) is 0 Å². The number of benzene rings is 3. The number of carboxylic acid groups (broad SMARTS) is 1. The Hall–Kier alpha value is -3.62. The van der Waals surface area contributed by atoms with Gasteiger partial charge in [0, 0.05) is 12.6 Å². The summed E-state index contributed by atoms with van der Waals surface area (Å²) in [6.45, 7) is 6.58. The van der Waals surface area contributed by atoms with E-state index in [0.717, 1.165) is 23.1 Å². The predicted molar refractivity (Wildman–Crippen MR) is 126 cm³/mol. The van der Waals surface area contributed by atoms with Crippen LogP contribution in [0.15, 0.2) is 60.7 Å². The first-order chi connectivity index (χ1) is 15.4. The number of hydrogen-bond acceptors (Lipinski definition) is 4. The SMILES string of the molecule is CCC(NCc1ccc(OCC(=O)O)c(C)c1)c1cccc(-c2ccc(C#N)cc2)c1C. The molecule has 3 aromatic carbocycles. The molecule has 164 valence electrons. The zero-order valence-electron chi connectivity index (χ0n) is 18.7. The van der Waals surface area contributed by atoms with E-state index in [-0.39, 0.29) is 12.6 Å². The van der Waals surface area contributed by atoms with E-state index < -0.39 is 5.97 Å². The first kappa shape index (κ1) is 23.1. The Balaban J connectivity index is 1.75. The highest BCUT2D eigenvalue weighted by Crippen LogP contribution is 2.30. The van der Waals surface area contributed by atoms with Gasteiger partial charge < -0.3 is 15.2 Å². The van der Waals surface area contributed by atoms with Crippen LogP contribution in [0.1, 0.15) is 47.2 Å². The predicted octanol–water partition coefficient (Wildman–Crippen LogP) is 5.55. The van der Waals surface area contributed by atoms with E-state index in [1.54, 1.807) is 0 Å². The molecule has 0 saturated heterocycles. The minimum absolute atomic E-state index is 0.191. The molecule has 0 amide bonds. The van der Waals surface area contributed by atoms with E-state index in [1.165, 1.54) is 16.7 Å². The molecule has 3 aromatic rings. The molecule has 32 heavy (non-hydrogen) atoms. The first-order valence-electron chi connectivity index (χ1n) is 10.7. The molecule has 2 N–H and O–H groups in total. The Morgan fingerprint density at radius 1 is 1.12 bits per heavy atom. The largest absolute Gasteiger partial charge is 0.482 e. The highest BCUT2D eigenvalue weighted by molar-refractivity contribution is 5.69. The van der Waals surface area contributed by atoms with Gasteiger partial charge in [-0.2, -0.15) is 5.26 Å². The molecule has 0 spiro atoms. The van der Waals surface area contributed by atoms with E-state index in [1.807, 2.05) is 49.4 Å². The van der Waals surface area contributed by atoms with Crippen molar-refractivity contribution in [3.63, 3.8) is 0 Å². The van der Waals surface area contributed by atoms with Crippen molar-refractivity contribution in [2.75, 3.05) is 6.61 Å². The molecule has 0 radical (unpaired) electrons. The maximum absolute atomic E-state index is 10.7. The van der Waals surface area contributed by atoms with Crippen molar-refractivity contribution >= 4 is 5.97 Å². The molecule has 0 fully saturated rings. The lowest BCUT2D eigenvalue weighted by Crippen LogP contribution is -2.21. The molecule has 0 aliphatic carbocycles. The number of aryl methyl sites for hydroxylation is 1. The smallest absolute Gasteiger partial charge is 0.341 e. The Morgan fingerprint density at radius 3 is 2.50 bits per heavy atom. The second kappa shape index (κ2) is 10.6. The van der Waals surface area contributed by atoms with Gasteiger partial charge in [0.05, 0.1) is 11.6 Å². The third-order valence-corrected chi connectivity index (χ3v) is 5.63. The van der Waals surface area contributed by atoms with Gasteiger partial charge in [-0.3, -0.25) is 0 Å². The third kappa shape index (κ3) is 5.54. The molecule has 1 atom stereocenters. The van der Waals surface area contributed by atoms with Crippen LogP contribution >= 0.6 is 0 Å². The standard InChI is InChI=1S/C27H28N2O3/c1-4-25(29-16-21-10-13-26(18(2)14-21)32-17-27(30)31)24-7-5-6-23(19(24)3)22-11-8-20(15-28)9-12-22/h5-14,25,29H,4,16-17H2,1-3H3,(H,30,31). The van der Waals surface area contributed by atoms with E-state index in [4.69, 9.17) is 15.1 Å². The highest BCUT2D eigenvalue weighted by atomic mass is 16.5. The molecule has 0 aliphatic rings. The van der Waals surface area contributed by atoms with Crippen molar-refractivity contribution in [1.82, 2.24) is 5.32 Å². The van der Waals surface area contributed by atoms with Crippen molar-refractivity contribution in [1.29, 1.82) is 5.26 Å². The van der Waals surface area contributed by atoms with Crippen LogP contribution < -0.4 is 10.1 Å². The Kier molecular flexibility index (Phi) is 7.64. The quantitative estimate of drug-likeness (QED) is 0.467. The maximum atomic E-state index is 10.7. The Labute approximate surface area is 189 Å².